The highest BCUT2D eigenvalue weighted by atomic mass is 16.6. The Morgan fingerprint density at radius 2 is 2.78 bits per heavy atom. The molecule has 0 atom stereocenters. The van der Waals surface area contributed by atoms with Gasteiger partial charge in [-0.2, -0.15) is 0 Å². The van der Waals surface area contributed by atoms with E-state index in [1.165, 1.54) is 0 Å². The second-order valence-electron chi connectivity index (χ2n) is 1.87. The molecule has 9 heavy (non-hydrogen) atoms. The Hall–Kier alpha value is -0.830. The number of rotatable bonds is 2. The maximum atomic E-state index is 4.70. The second kappa shape index (κ2) is 3.25. The minimum Gasteiger partial charge on any atom is -0.365 e. The van der Waals surface area contributed by atoms with Crippen LogP contribution in [0.2, 0.25) is 0 Å². The molecule has 0 aromatic rings. The highest BCUT2D eigenvalue weighted by Gasteiger charge is 1.98. The average molecular weight is 126 g/mol. The van der Waals surface area contributed by atoms with Crippen LogP contribution in [0.3, 0.4) is 0 Å². The Morgan fingerprint density at radius 1 is 1.89 bits per heavy atom. The summed E-state index contributed by atoms with van der Waals surface area (Å²) in [7, 11) is 1.89. The average Bonchev–Trinajstić information content (AvgIpc) is 1.91. The van der Waals surface area contributed by atoms with E-state index >= 15 is 0 Å². The van der Waals surface area contributed by atoms with Gasteiger partial charge in [-0.3, -0.25) is 0 Å². The fourth-order valence-corrected chi connectivity index (χ4v) is 0.678. The fraction of sp³-hybridized carbons (Fsp3) is 0.500. The van der Waals surface area contributed by atoms with Gasteiger partial charge in [-0.25, -0.2) is 0 Å². The first-order valence-electron chi connectivity index (χ1n) is 2.94. The van der Waals surface area contributed by atoms with Crippen molar-refractivity contribution >= 4 is 5.71 Å². The van der Waals surface area contributed by atoms with Crippen molar-refractivity contribution in [3.8, 4) is 0 Å². The molecule has 0 bridgehead atoms. The number of allylic oxidation sites excluding steroid dienone is 1. The van der Waals surface area contributed by atoms with Crippen LogP contribution in [0.15, 0.2) is 17.5 Å². The minimum atomic E-state index is 0.810. The van der Waals surface area contributed by atoms with Crippen LogP contribution in [0.25, 0.3) is 0 Å². The number of hydrogen-bond donors (Lipinski definition) is 1. The van der Waals surface area contributed by atoms with Crippen LogP contribution in [-0.2, 0) is 4.84 Å². The summed E-state index contributed by atoms with van der Waals surface area (Å²) in [6, 6.07) is 0. The number of oxime groups is 1. The summed E-state index contributed by atoms with van der Waals surface area (Å²) in [5.41, 5.74) is 1.04. The highest BCUT2D eigenvalue weighted by Crippen LogP contribution is 1.96. The third kappa shape index (κ3) is 1.85. The molecule has 1 N–H and O–H groups in total. The Kier molecular flexibility index (Phi) is 2.27. The molecule has 0 fully saturated rings. The van der Waals surface area contributed by atoms with E-state index in [0.717, 1.165) is 18.7 Å². The zero-order valence-electron chi connectivity index (χ0n) is 5.42. The lowest BCUT2D eigenvalue weighted by molar-refractivity contribution is 0.261. The standard InChI is InChI=1S/C6H10N2O/c1-7-5-6-3-2-4-9-8-6/h2,4,7H,3,5H2,1H3. The molecule has 3 nitrogen and oxygen atoms in total. The van der Waals surface area contributed by atoms with Crippen molar-refractivity contribution in [1.29, 1.82) is 0 Å². The smallest absolute Gasteiger partial charge is 0.118 e. The lowest BCUT2D eigenvalue weighted by atomic mass is 10.2. The first kappa shape index (κ1) is 6.29. The molecule has 0 spiro atoms. The van der Waals surface area contributed by atoms with Gasteiger partial charge in [0.1, 0.15) is 6.26 Å². The number of nitrogens with zero attached hydrogens (tertiary/aromatic N) is 1. The zero-order valence-corrected chi connectivity index (χ0v) is 5.42. The van der Waals surface area contributed by atoms with E-state index in [0.29, 0.717) is 0 Å². The predicted octanol–water partition coefficient (Wildman–Crippen LogP) is 0.496. The van der Waals surface area contributed by atoms with Crippen molar-refractivity contribution in [2.24, 2.45) is 5.16 Å². The number of nitrogens with one attached hydrogen (secondary N) is 1. The molecule has 50 valence electrons. The van der Waals surface area contributed by atoms with Crippen LogP contribution in [0.4, 0.5) is 0 Å². The van der Waals surface area contributed by atoms with Crippen molar-refractivity contribution in [3.05, 3.63) is 12.3 Å². The first-order valence-corrected chi connectivity index (χ1v) is 2.94. The van der Waals surface area contributed by atoms with Gasteiger partial charge in [0.05, 0.1) is 5.71 Å². The summed E-state index contributed by atoms with van der Waals surface area (Å²) in [4.78, 5) is 4.70. The van der Waals surface area contributed by atoms with Crippen LogP contribution in [0.1, 0.15) is 6.42 Å². The molecule has 0 aromatic heterocycles. The van der Waals surface area contributed by atoms with Crippen molar-refractivity contribution in [3.63, 3.8) is 0 Å². The number of hydrogen-bond acceptors (Lipinski definition) is 3. The van der Waals surface area contributed by atoms with Crippen molar-refractivity contribution in [2.45, 2.75) is 6.42 Å². The largest absolute Gasteiger partial charge is 0.365 e. The quantitative estimate of drug-likeness (QED) is 0.584. The SMILES string of the molecule is CNCC1=NOC=CC1. The van der Waals surface area contributed by atoms with E-state index < -0.39 is 0 Å². The fourth-order valence-electron chi connectivity index (χ4n) is 0.678. The Bertz CT molecular complexity index is 140. The van der Waals surface area contributed by atoms with Gasteiger partial charge in [-0.05, 0) is 13.1 Å². The van der Waals surface area contributed by atoms with Crippen LogP contribution in [-0.4, -0.2) is 19.3 Å². The normalized spacial score (nSPS) is 16.8. The molecule has 0 saturated carbocycles. The first-order chi connectivity index (χ1) is 4.43. The molecule has 1 rings (SSSR count). The van der Waals surface area contributed by atoms with Gasteiger partial charge in [-0.1, -0.05) is 5.16 Å². The Morgan fingerprint density at radius 3 is 3.33 bits per heavy atom. The molecular weight excluding hydrogens is 116 g/mol. The van der Waals surface area contributed by atoms with E-state index in [1.54, 1.807) is 6.26 Å². The van der Waals surface area contributed by atoms with Gasteiger partial charge in [0, 0.05) is 13.0 Å². The highest BCUT2D eigenvalue weighted by molar-refractivity contribution is 5.87. The van der Waals surface area contributed by atoms with E-state index in [9.17, 15) is 0 Å². The topological polar surface area (TPSA) is 33.6 Å². The van der Waals surface area contributed by atoms with E-state index in [-0.39, 0.29) is 0 Å². The predicted molar refractivity (Wildman–Crippen MR) is 36.2 cm³/mol. The van der Waals surface area contributed by atoms with E-state index in [2.05, 4.69) is 10.5 Å². The molecule has 0 unspecified atom stereocenters. The van der Waals surface area contributed by atoms with Crippen LogP contribution in [0, 0.1) is 0 Å². The van der Waals surface area contributed by atoms with E-state index in [1.807, 2.05) is 13.1 Å². The maximum Gasteiger partial charge on any atom is 0.118 e. The van der Waals surface area contributed by atoms with E-state index in [4.69, 9.17) is 4.84 Å². The third-order valence-corrected chi connectivity index (χ3v) is 1.07. The molecular formula is C6H10N2O. The van der Waals surface area contributed by atoms with Crippen LogP contribution < -0.4 is 5.32 Å². The third-order valence-electron chi connectivity index (χ3n) is 1.07. The molecule has 1 heterocycles. The van der Waals surface area contributed by atoms with Gasteiger partial charge in [0.2, 0.25) is 0 Å². The lowest BCUT2D eigenvalue weighted by Gasteiger charge is -2.04. The maximum absolute atomic E-state index is 4.70. The molecule has 0 saturated heterocycles. The summed E-state index contributed by atoms with van der Waals surface area (Å²) >= 11 is 0. The monoisotopic (exact) mass is 126 g/mol. The van der Waals surface area contributed by atoms with Crippen molar-refractivity contribution in [2.75, 3.05) is 13.6 Å². The van der Waals surface area contributed by atoms with Gasteiger partial charge in [0.25, 0.3) is 0 Å². The van der Waals surface area contributed by atoms with Crippen LogP contribution in [0.5, 0.6) is 0 Å². The molecule has 0 radical (unpaired) electrons. The van der Waals surface area contributed by atoms with Gasteiger partial charge >= 0.3 is 0 Å². The molecule has 0 aliphatic carbocycles. The summed E-state index contributed by atoms with van der Waals surface area (Å²) < 4.78 is 0. The second-order valence-corrected chi connectivity index (χ2v) is 1.87. The molecule has 0 aromatic carbocycles. The summed E-state index contributed by atoms with van der Waals surface area (Å²) in [5, 5.41) is 6.78. The zero-order chi connectivity index (χ0) is 6.53. The minimum absolute atomic E-state index is 0.810. The molecule has 3 heteroatoms. The Balaban J connectivity index is 2.32. The molecule has 1 aliphatic rings. The summed E-state index contributed by atoms with van der Waals surface area (Å²) in [6.45, 7) is 0.810. The molecule has 0 amide bonds. The molecule has 1 aliphatic heterocycles. The van der Waals surface area contributed by atoms with Crippen molar-refractivity contribution in [1.82, 2.24) is 5.32 Å². The Labute approximate surface area is 54.4 Å². The van der Waals surface area contributed by atoms with Gasteiger partial charge < -0.3 is 10.2 Å². The van der Waals surface area contributed by atoms with Gasteiger partial charge in [0.15, 0.2) is 0 Å². The van der Waals surface area contributed by atoms with Crippen LogP contribution >= 0.6 is 0 Å². The summed E-state index contributed by atoms with van der Waals surface area (Å²) in [5.74, 6) is 0. The lowest BCUT2D eigenvalue weighted by Crippen LogP contribution is -2.19. The van der Waals surface area contributed by atoms with Gasteiger partial charge in [-0.15, -0.1) is 0 Å². The van der Waals surface area contributed by atoms with Crippen molar-refractivity contribution < 1.29 is 4.84 Å². The summed E-state index contributed by atoms with van der Waals surface area (Å²) in [6.07, 6.45) is 4.44.